The van der Waals surface area contributed by atoms with Crippen molar-refractivity contribution in [2.75, 3.05) is 10.2 Å². The monoisotopic (exact) mass is 348 g/mol. The number of nitrogens with one attached hydrogen (secondary N) is 1. The second-order valence-corrected chi connectivity index (χ2v) is 7.81. The van der Waals surface area contributed by atoms with Crippen LogP contribution in [-0.2, 0) is 11.2 Å². The number of carbonyl (C=O) groups excluding carboxylic acids is 1. The fraction of sp³-hybridized carbons (Fsp3) is 0.435. The summed E-state index contributed by atoms with van der Waals surface area (Å²) in [6.45, 7) is 6.19. The summed E-state index contributed by atoms with van der Waals surface area (Å²) >= 11 is 0. The molecule has 0 bridgehead atoms. The molecule has 2 aliphatic rings. The van der Waals surface area contributed by atoms with Crippen LogP contribution in [0, 0.1) is 11.8 Å². The van der Waals surface area contributed by atoms with E-state index in [0.29, 0.717) is 11.8 Å². The summed E-state index contributed by atoms with van der Waals surface area (Å²) in [5, 5.41) is 3.80. The summed E-state index contributed by atoms with van der Waals surface area (Å²) < 4.78 is 0. The third-order valence-electron chi connectivity index (χ3n) is 6.00. The molecule has 0 aromatic heterocycles. The van der Waals surface area contributed by atoms with Crippen molar-refractivity contribution in [3.63, 3.8) is 0 Å². The minimum atomic E-state index is 0.160. The molecular weight excluding hydrogens is 320 g/mol. The molecule has 1 aliphatic heterocycles. The highest BCUT2D eigenvalue weighted by Gasteiger charge is 2.47. The number of hydrogen-bond donors (Lipinski definition) is 1. The number of benzene rings is 2. The van der Waals surface area contributed by atoms with Crippen LogP contribution in [0.1, 0.15) is 50.8 Å². The quantitative estimate of drug-likeness (QED) is 0.825. The van der Waals surface area contributed by atoms with E-state index in [1.54, 1.807) is 6.92 Å². The van der Waals surface area contributed by atoms with Crippen molar-refractivity contribution in [1.29, 1.82) is 0 Å². The SMILES string of the molecule is CCc1cccc(NC2c3ccccc3N(C(C)=O)C(C3CC3)[C@@H]2C)c1. The predicted octanol–water partition coefficient (Wildman–Crippen LogP) is 5.18. The number of nitrogens with zero attached hydrogens (tertiary/aromatic N) is 1. The number of hydrogen-bond acceptors (Lipinski definition) is 2. The van der Waals surface area contributed by atoms with Crippen LogP contribution >= 0.6 is 0 Å². The molecule has 2 aromatic rings. The first-order valence-electron chi connectivity index (χ1n) is 9.84. The van der Waals surface area contributed by atoms with Crippen molar-refractivity contribution in [3.8, 4) is 0 Å². The maximum atomic E-state index is 12.5. The second kappa shape index (κ2) is 6.79. The van der Waals surface area contributed by atoms with E-state index in [-0.39, 0.29) is 18.0 Å². The summed E-state index contributed by atoms with van der Waals surface area (Å²) in [6.07, 6.45) is 3.51. The molecule has 1 saturated carbocycles. The minimum Gasteiger partial charge on any atom is -0.378 e. The van der Waals surface area contributed by atoms with Crippen molar-refractivity contribution in [2.24, 2.45) is 11.8 Å². The molecule has 2 aromatic carbocycles. The van der Waals surface area contributed by atoms with Crippen molar-refractivity contribution in [2.45, 2.75) is 52.1 Å². The third kappa shape index (κ3) is 3.00. The van der Waals surface area contributed by atoms with Crippen LogP contribution in [0.4, 0.5) is 11.4 Å². The van der Waals surface area contributed by atoms with Crippen molar-refractivity contribution < 1.29 is 4.79 Å². The zero-order chi connectivity index (χ0) is 18.3. The molecule has 1 aliphatic carbocycles. The maximum Gasteiger partial charge on any atom is 0.224 e. The van der Waals surface area contributed by atoms with Crippen molar-refractivity contribution in [1.82, 2.24) is 0 Å². The smallest absolute Gasteiger partial charge is 0.224 e. The Morgan fingerprint density at radius 2 is 1.92 bits per heavy atom. The van der Waals surface area contributed by atoms with Gasteiger partial charge < -0.3 is 10.2 Å². The van der Waals surface area contributed by atoms with Gasteiger partial charge in [0.15, 0.2) is 0 Å². The summed E-state index contributed by atoms with van der Waals surface area (Å²) in [6, 6.07) is 17.6. The number of amides is 1. The van der Waals surface area contributed by atoms with E-state index < -0.39 is 0 Å². The molecule has 136 valence electrons. The van der Waals surface area contributed by atoms with Gasteiger partial charge >= 0.3 is 0 Å². The van der Waals surface area contributed by atoms with Crippen LogP contribution in [0.2, 0.25) is 0 Å². The third-order valence-corrected chi connectivity index (χ3v) is 6.00. The molecule has 3 nitrogen and oxygen atoms in total. The summed E-state index contributed by atoms with van der Waals surface area (Å²) in [5.74, 6) is 1.16. The molecule has 3 heteroatoms. The Morgan fingerprint density at radius 3 is 2.62 bits per heavy atom. The molecule has 4 rings (SSSR count). The van der Waals surface area contributed by atoms with Gasteiger partial charge in [0.1, 0.15) is 0 Å². The molecule has 1 fully saturated rings. The number of anilines is 2. The van der Waals surface area contributed by atoms with E-state index >= 15 is 0 Å². The highest BCUT2D eigenvalue weighted by molar-refractivity contribution is 5.94. The Bertz CT molecular complexity index is 811. The van der Waals surface area contributed by atoms with Gasteiger partial charge in [-0.05, 0) is 54.5 Å². The van der Waals surface area contributed by atoms with E-state index in [1.165, 1.54) is 29.7 Å². The number of carbonyl (C=O) groups is 1. The lowest BCUT2D eigenvalue weighted by molar-refractivity contribution is -0.117. The van der Waals surface area contributed by atoms with Gasteiger partial charge in [-0.1, -0.05) is 44.2 Å². The Morgan fingerprint density at radius 1 is 1.15 bits per heavy atom. The molecule has 2 unspecified atom stereocenters. The topological polar surface area (TPSA) is 32.3 Å². The lowest BCUT2D eigenvalue weighted by Gasteiger charge is -2.46. The molecule has 26 heavy (non-hydrogen) atoms. The first-order chi connectivity index (χ1) is 12.6. The Balaban J connectivity index is 1.75. The molecule has 0 radical (unpaired) electrons. The number of para-hydroxylation sites is 1. The van der Waals surface area contributed by atoms with Gasteiger partial charge in [-0.15, -0.1) is 0 Å². The fourth-order valence-corrected chi connectivity index (χ4v) is 4.57. The fourth-order valence-electron chi connectivity index (χ4n) is 4.57. The number of rotatable bonds is 4. The highest BCUT2D eigenvalue weighted by Crippen LogP contribution is 2.49. The zero-order valence-corrected chi connectivity index (χ0v) is 15.9. The van der Waals surface area contributed by atoms with Crippen molar-refractivity contribution in [3.05, 3.63) is 59.7 Å². The van der Waals surface area contributed by atoms with Gasteiger partial charge in [0.05, 0.1) is 6.04 Å². The van der Waals surface area contributed by atoms with E-state index in [4.69, 9.17) is 0 Å². The first kappa shape index (κ1) is 17.1. The van der Waals surface area contributed by atoms with Gasteiger partial charge in [0.25, 0.3) is 0 Å². The molecule has 1 amide bonds. The maximum absolute atomic E-state index is 12.5. The first-order valence-corrected chi connectivity index (χ1v) is 9.84. The lowest BCUT2D eigenvalue weighted by atomic mass is 9.80. The van der Waals surface area contributed by atoms with Gasteiger partial charge in [-0.2, -0.15) is 0 Å². The van der Waals surface area contributed by atoms with Gasteiger partial charge in [0.2, 0.25) is 5.91 Å². The number of fused-ring (bicyclic) bond motifs is 1. The van der Waals surface area contributed by atoms with E-state index in [9.17, 15) is 4.79 Å². The summed E-state index contributed by atoms with van der Waals surface area (Å²) in [4.78, 5) is 14.6. The average Bonchev–Trinajstić information content (AvgIpc) is 3.48. The van der Waals surface area contributed by atoms with Crippen LogP contribution in [-0.4, -0.2) is 11.9 Å². The van der Waals surface area contributed by atoms with Crippen LogP contribution in [0.3, 0.4) is 0 Å². The largest absolute Gasteiger partial charge is 0.378 e. The molecule has 1 N–H and O–H groups in total. The van der Waals surface area contributed by atoms with Crippen LogP contribution < -0.4 is 10.2 Å². The summed E-state index contributed by atoms with van der Waals surface area (Å²) in [5.41, 5.74) is 4.82. The highest BCUT2D eigenvalue weighted by atomic mass is 16.2. The van der Waals surface area contributed by atoms with E-state index in [1.807, 2.05) is 6.07 Å². The Kier molecular flexibility index (Phi) is 4.47. The van der Waals surface area contributed by atoms with Crippen LogP contribution in [0.5, 0.6) is 0 Å². The normalized spacial score (nSPS) is 24.9. The molecular formula is C23H28N2O. The summed E-state index contributed by atoms with van der Waals surface area (Å²) in [7, 11) is 0. The van der Waals surface area contributed by atoms with Crippen LogP contribution in [0.25, 0.3) is 0 Å². The minimum absolute atomic E-state index is 0.160. The van der Waals surface area contributed by atoms with Gasteiger partial charge in [-0.3, -0.25) is 4.79 Å². The van der Waals surface area contributed by atoms with E-state index in [0.717, 1.165) is 12.1 Å². The van der Waals surface area contributed by atoms with E-state index in [2.05, 4.69) is 66.5 Å². The molecule has 0 saturated heterocycles. The Labute approximate surface area is 156 Å². The zero-order valence-electron chi connectivity index (χ0n) is 15.9. The molecule has 1 heterocycles. The average molecular weight is 348 g/mol. The Hall–Kier alpha value is -2.29. The predicted molar refractivity (Wildman–Crippen MR) is 107 cm³/mol. The number of aryl methyl sites for hydroxylation is 1. The molecule has 0 spiro atoms. The lowest BCUT2D eigenvalue weighted by Crippen LogP contribution is -2.51. The standard InChI is InChI=1S/C23H28N2O/c1-4-17-8-7-9-19(14-17)24-22-15(2)23(18-12-13-18)25(16(3)26)21-11-6-5-10-20(21)22/h5-11,14-15,18,22-24H,4,12-13H2,1-3H3/t15-,22?,23?/m1/s1. The van der Waals surface area contributed by atoms with Crippen LogP contribution in [0.15, 0.2) is 48.5 Å². The second-order valence-electron chi connectivity index (χ2n) is 7.81. The van der Waals surface area contributed by atoms with Crippen molar-refractivity contribution >= 4 is 17.3 Å². The van der Waals surface area contributed by atoms with Gasteiger partial charge in [0, 0.05) is 30.3 Å². The molecule has 3 atom stereocenters. The van der Waals surface area contributed by atoms with Gasteiger partial charge in [-0.25, -0.2) is 0 Å².